The first-order chi connectivity index (χ1) is 7.59. The minimum Gasteiger partial charge on any atom is -0.370 e. The normalized spacial score (nSPS) is 16.2. The Labute approximate surface area is 101 Å². The highest BCUT2D eigenvalue weighted by molar-refractivity contribution is 6.33. The lowest BCUT2D eigenvalue weighted by Crippen LogP contribution is -2.18. The van der Waals surface area contributed by atoms with Crippen molar-refractivity contribution in [1.29, 1.82) is 0 Å². The minimum atomic E-state index is -0.297. The van der Waals surface area contributed by atoms with Gasteiger partial charge in [-0.3, -0.25) is 0 Å². The van der Waals surface area contributed by atoms with Crippen LogP contribution in [0.5, 0.6) is 0 Å². The summed E-state index contributed by atoms with van der Waals surface area (Å²) in [6, 6.07) is 3.58. The second kappa shape index (κ2) is 4.62. The maximum Gasteiger partial charge on any atom is 0.144 e. The average molecular weight is 242 g/mol. The van der Waals surface area contributed by atoms with Gasteiger partial charge in [-0.05, 0) is 36.5 Å². The second-order valence-electron chi connectivity index (χ2n) is 4.68. The van der Waals surface area contributed by atoms with E-state index >= 15 is 0 Å². The van der Waals surface area contributed by atoms with E-state index in [-0.39, 0.29) is 10.8 Å². The van der Waals surface area contributed by atoms with Crippen molar-refractivity contribution in [1.82, 2.24) is 0 Å². The van der Waals surface area contributed by atoms with Gasteiger partial charge in [0.15, 0.2) is 0 Å². The highest BCUT2D eigenvalue weighted by Crippen LogP contribution is 2.34. The van der Waals surface area contributed by atoms with Gasteiger partial charge >= 0.3 is 0 Å². The third-order valence-corrected chi connectivity index (χ3v) is 3.52. The molecule has 1 aromatic rings. The van der Waals surface area contributed by atoms with E-state index in [1.54, 1.807) is 6.07 Å². The fraction of sp³-hybridized carbons (Fsp3) is 0.538. The molecule has 1 fully saturated rings. The molecule has 1 nitrogen and oxygen atoms in total. The van der Waals surface area contributed by atoms with E-state index in [4.69, 9.17) is 11.6 Å². The van der Waals surface area contributed by atoms with Gasteiger partial charge in [0.05, 0.1) is 10.7 Å². The zero-order valence-corrected chi connectivity index (χ0v) is 10.5. The molecule has 1 saturated heterocycles. The molecule has 0 amide bonds. The van der Waals surface area contributed by atoms with Crippen molar-refractivity contribution >= 4 is 17.3 Å². The van der Waals surface area contributed by atoms with Crippen LogP contribution in [-0.2, 0) is 0 Å². The van der Waals surface area contributed by atoms with Crippen LogP contribution in [0.25, 0.3) is 0 Å². The van der Waals surface area contributed by atoms with Gasteiger partial charge in [0.1, 0.15) is 5.82 Å². The molecule has 0 radical (unpaired) electrons. The van der Waals surface area contributed by atoms with Crippen molar-refractivity contribution in [3.8, 4) is 0 Å². The molecule has 0 saturated carbocycles. The first kappa shape index (κ1) is 11.7. The van der Waals surface area contributed by atoms with Crippen LogP contribution in [0, 0.1) is 5.82 Å². The third-order valence-electron chi connectivity index (χ3n) is 3.14. The van der Waals surface area contributed by atoms with Crippen LogP contribution in [-0.4, -0.2) is 13.1 Å². The Bertz CT molecular complexity index is 384. The number of nitrogens with zero attached hydrogens (tertiary/aromatic N) is 1. The largest absolute Gasteiger partial charge is 0.370 e. The van der Waals surface area contributed by atoms with Crippen LogP contribution in [0.2, 0.25) is 5.02 Å². The van der Waals surface area contributed by atoms with Gasteiger partial charge in [0.25, 0.3) is 0 Å². The molecule has 1 aliphatic heterocycles. The molecule has 0 spiro atoms. The van der Waals surface area contributed by atoms with E-state index < -0.39 is 0 Å². The Hall–Kier alpha value is -0.760. The molecule has 1 aromatic carbocycles. The number of anilines is 1. The van der Waals surface area contributed by atoms with Gasteiger partial charge in [-0.2, -0.15) is 0 Å². The predicted molar refractivity (Wildman–Crippen MR) is 66.9 cm³/mol. The molecule has 0 unspecified atom stereocenters. The molecular weight excluding hydrogens is 225 g/mol. The summed E-state index contributed by atoms with van der Waals surface area (Å²) in [6.07, 6.45) is 2.34. The SMILES string of the molecule is CC(C)c1cc(F)c(Cl)c(N2CCCC2)c1. The Morgan fingerprint density at radius 2 is 1.88 bits per heavy atom. The molecule has 16 heavy (non-hydrogen) atoms. The summed E-state index contributed by atoms with van der Waals surface area (Å²) in [5.74, 6) is 0.0305. The molecule has 0 aliphatic carbocycles. The molecular formula is C13H17ClFN. The van der Waals surface area contributed by atoms with Crippen LogP contribution in [0.1, 0.15) is 38.2 Å². The van der Waals surface area contributed by atoms with Gasteiger partial charge in [0.2, 0.25) is 0 Å². The highest BCUT2D eigenvalue weighted by atomic mass is 35.5. The number of halogens is 2. The topological polar surface area (TPSA) is 3.24 Å². The summed E-state index contributed by atoms with van der Waals surface area (Å²) >= 11 is 6.03. The van der Waals surface area contributed by atoms with E-state index in [0.717, 1.165) is 24.3 Å². The van der Waals surface area contributed by atoms with Crippen LogP contribution < -0.4 is 4.90 Å². The molecule has 1 heterocycles. The Kier molecular flexibility index (Phi) is 3.38. The molecule has 3 heteroatoms. The van der Waals surface area contributed by atoms with E-state index in [2.05, 4.69) is 18.7 Å². The van der Waals surface area contributed by atoms with Crippen LogP contribution in [0.3, 0.4) is 0 Å². The summed E-state index contributed by atoms with van der Waals surface area (Å²) in [4.78, 5) is 2.18. The highest BCUT2D eigenvalue weighted by Gasteiger charge is 2.19. The summed E-state index contributed by atoms with van der Waals surface area (Å²) in [5, 5.41) is 0.270. The van der Waals surface area contributed by atoms with E-state index in [0.29, 0.717) is 5.92 Å². The standard InChI is InChI=1S/C13H17ClFN/c1-9(2)10-7-11(15)13(14)12(8-10)16-5-3-4-6-16/h7-9H,3-6H2,1-2H3. The first-order valence-electron chi connectivity index (χ1n) is 5.83. The molecule has 0 N–H and O–H groups in total. The van der Waals surface area contributed by atoms with Gasteiger partial charge in [-0.25, -0.2) is 4.39 Å². The number of hydrogen-bond acceptors (Lipinski definition) is 1. The second-order valence-corrected chi connectivity index (χ2v) is 5.06. The van der Waals surface area contributed by atoms with Crippen LogP contribution >= 0.6 is 11.6 Å². The fourth-order valence-corrected chi connectivity index (χ4v) is 2.35. The Morgan fingerprint density at radius 3 is 2.44 bits per heavy atom. The van der Waals surface area contributed by atoms with Gasteiger partial charge in [0, 0.05) is 13.1 Å². The molecule has 88 valence electrons. The van der Waals surface area contributed by atoms with Crippen molar-refractivity contribution < 1.29 is 4.39 Å². The molecule has 0 aromatic heterocycles. The number of benzene rings is 1. The quantitative estimate of drug-likeness (QED) is 0.750. The molecule has 0 atom stereocenters. The van der Waals surface area contributed by atoms with Crippen LogP contribution in [0.15, 0.2) is 12.1 Å². The Balaban J connectivity index is 2.41. The lowest BCUT2D eigenvalue weighted by Gasteiger charge is -2.21. The Morgan fingerprint density at radius 1 is 1.25 bits per heavy atom. The average Bonchev–Trinajstić information content (AvgIpc) is 2.74. The maximum atomic E-state index is 13.7. The lowest BCUT2D eigenvalue weighted by molar-refractivity contribution is 0.623. The minimum absolute atomic E-state index is 0.270. The lowest BCUT2D eigenvalue weighted by atomic mass is 10.0. The van der Waals surface area contributed by atoms with Gasteiger partial charge in [-0.15, -0.1) is 0 Å². The number of rotatable bonds is 2. The summed E-state index contributed by atoms with van der Waals surface area (Å²) in [7, 11) is 0. The van der Waals surface area contributed by atoms with Crippen molar-refractivity contribution in [3.63, 3.8) is 0 Å². The van der Waals surface area contributed by atoms with E-state index in [1.165, 1.54) is 12.8 Å². The van der Waals surface area contributed by atoms with Gasteiger partial charge < -0.3 is 4.90 Å². The van der Waals surface area contributed by atoms with E-state index in [1.807, 2.05) is 6.07 Å². The zero-order valence-electron chi connectivity index (χ0n) is 9.76. The molecule has 2 rings (SSSR count). The molecule has 1 aliphatic rings. The monoisotopic (exact) mass is 241 g/mol. The third kappa shape index (κ3) is 2.17. The maximum absolute atomic E-state index is 13.7. The van der Waals surface area contributed by atoms with Crippen molar-refractivity contribution in [2.75, 3.05) is 18.0 Å². The zero-order chi connectivity index (χ0) is 11.7. The molecule has 0 bridgehead atoms. The summed E-state index contributed by atoms with van der Waals surface area (Å²) < 4.78 is 13.7. The van der Waals surface area contributed by atoms with E-state index in [9.17, 15) is 4.39 Å². The fourth-order valence-electron chi connectivity index (χ4n) is 2.12. The summed E-state index contributed by atoms with van der Waals surface area (Å²) in [5.41, 5.74) is 1.88. The number of hydrogen-bond donors (Lipinski definition) is 0. The first-order valence-corrected chi connectivity index (χ1v) is 6.21. The van der Waals surface area contributed by atoms with Gasteiger partial charge in [-0.1, -0.05) is 25.4 Å². The van der Waals surface area contributed by atoms with Crippen molar-refractivity contribution in [2.24, 2.45) is 0 Å². The smallest absolute Gasteiger partial charge is 0.144 e. The van der Waals surface area contributed by atoms with Crippen molar-refractivity contribution in [2.45, 2.75) is 32.6 Å². The predicted octanol–water partition coefficient (Wildman–Crippen LogP) is 4.20. The van der Waals surface area contributed by atoms with Crippen LogP contribution in [0.4, 0.5) is 10.1 Å². The summed E-state index contributed by atoms with van der Waals surface area (Å²) in [6.45, 7) is 6.11. The van der Waals surface area contributed by atoms with Crippen molar-refractivity contribution in [3.05, 3.63) is 28.5 Å².